The van der Waals surface area contributed by atoms with Crippen molar-refractivity contribution >= 4 is 22.7 Å². The predicted molar refractivity (Wildman–Crippen MR) is 184 cm³/mol. The van der Waals surface area contributed by atoms with Gasteiger partial charge in [-0.05, 0) is 63.7 Å². The molecular formula is C41H30N2S. The van der Waals surface area contributed by atoms with E-state index in [0.717, 1.165) is 33.5 Å². The lowest BCUT2D eigenvalue weighted by Gasteiger charge is -2.34. The summed E-state index contributed by atoms with van der Waals surface area (Å²) >= 11 is 1.88. The molecule has 0 spiro atoms. The molecule has 44 heavy (non-hydrogen) atoms. The van der Waals surface area contributed by atoms with Gasteiger partial charge in [0.2, 0.25) is 0 Å². The van der Waals surface area contributed by atoms with Gasteiger partial charge < -0.3 is 0 Å². The third-order valence-corrected chi connectivity index (χ3v) is 9.91. The van der Waals surface area contributed by atoms with Crippen LogP contribution in [0.3, 0.4) is 0 Å². The predicted octanol–water partition coefficient (Wildman–Crippen LogP) is 11.1. The molecule has 0 radical (unpaired) electrons. The normalized spacial score (nSPS) is 13.3. The molecule has 0 saturated heterocycles. The Balaban J connectivity index is 1.13. The maximum Gasteiger partial charge on any atom is 0.160 e. The Bertz CT molecular complexity index is 2160. The maximum atomic E-state index is 5.05. The van der Waals surface area contributed by atoms with Crippen LogP contribution in [0.2, 0.25) is 0 Å². The van der Waals surface area contributed by atoms with Gasteiger partial charge in [-0.25, -0.2) is 9.97 Å². The van der Waals surface area contributed by atoms with Gasteiger partial charge in [-0.3, -0.25) is 0 Å². The molecule has 0 aliphatic carbocycles. The van der Waals surface area contributed by atoms with Gasteiger partial charge in [0, 0.05) is 31.7 Å². The Morgan fingerprint density at radius 3 is 1.91 bits per heavy atom. The topological polar surface area (TPSA) is 25.8 Å². The van der Waals surface area contributed by atoms with Gasteiger partial charge in [-0.1, -0.05) is 141 Å². The molecule has 0 N–H and O–H groups in total. The van der Waals surface area contributed by atoms with Crippen LogP contribution in [0.1, 0.15) is 25.0 Å². The van der Waals surface area contributed by atoms with E-state index in [4.69, 9.17) is 9.97 Å². The van der Waals surface area contributed by atoms with Crippen LogP contribution in [0.4, 0.5) is 0 Å². The minimum atomic E-state index is -0.0498. The van der Waals surface area contributed by atoms with Crippen molar-refractivity contribution in [2.75, 3.05) is 0 Å². The number of hydrogen-bond donors (Lipinski definition) is 0. The summed E-state index contributed by atoms with van der Waals surface area (Å²) in [5, 5.41) is 1.06. The highest BCUT2D eigenvalue weighted by atomic mass is 32.2. The molecule has 0 fully saturated rings. The smallest absolute Gasteiger partial charge is 0.160 e. The number of nitrogens with zero attached hydrogens (tertiary/aromatic N) is 2. The number of fused-ring (bicyclic) bond motifs is 3. The van der Waals surface area contributed by atoms with Crippen molar-refractivity contribution in [2.24, 2.45) is 0 Å². The fourth-order valence-corrected chi connectivity index (χ4v) is 7.71. The molecule has 0 saturated carbocycles. The number of aromatic nitrogens is 2. The van der Waals surface area contributed by atoms with Gasteiger partial charge in [-0.2, -0.15) is 0 Å². The van der Waals surface area contributed by atoms with Crippen molar-refractivity contribution in [2.45, 2.75) is 29.1 Å². The summed E-state index contributed by atoms with van der Waals surface area (Å²) in [6.45, 7) is 4.68. The summed E-state index contributed by atoms with van der Waals surface area (Å²) in [6, 6.07) is 51.8. The van der Waals surface area contributed by atoms with E-state index in [9.17, 15) is 0 Å². The average molecular weight is 583 g/mol. The number of hydrogen-bond acceptors (Lipinski definition) is 3. The fraction of sp³-hybridized carbons (Fsp3) is 0.0732. The van der Waals surface area contributed by atoms with Crippen molar-refractivity contribution in [3.63, 3.8) is 0 Å². The first-order chi connectivity index (χ1) is 21.5. The van der Waals surface area contributed by atoms with E-state index in [2.05, 4.69) is 141 Å². The molecule has 7 aromatic rings. The van der Waals surface area contributed by atoms with Crippen molar-refractivity contribution in [3.8, 4) is 44.9 Å². The van der Waals surface area contributed by atoms with E-state index in [1.54, 1.807) is 0 Å². The van der Waals surface area contributed by atoms with E-state index >= 15 is 0 Å². The second kappa shape index (κ2) is 10.6. The van der Waals surface area contributed by atoms with Gasteiger partial charge in [-0.15, -0.1) is 0 Å². The molecule has 3 heteroatoms. The van der Waals surface area contributed by atoms with Gasteiger partial charge in [0.15, 0.2) is 5.82 Å². The van der Waals surface area contributed by atoms with Crippen LogP contribution >= 0.6 is 11.8 Å². The van der Waals surface area contributed by atoms with Crippen LogP contribution in [0.15, 0.2) is 155 Å². The molecule has 6 aromatic carbocycles. The summed E-state index contributed by atoms with van der Waals surface area (Å²) < 4.78 is 0. The maximum absolute atomic E-state index is 5.05. The number of rotatable bonds is 4. The van der Waals surface area contributed by atoms with Crippen LogP contribution in [0.5, 0.6) is 0 Å². The van der Waals surface area contributed by atoms with E-state index in [0.29, 0.717) is 0 Å². The Morgan fingerprint density at radius 1 is 0.455 bits per heavy atom. The van der Waals surface area contributed by atoms with Crippen molar-refractivity contribution in [1.82, 2.24) is 9.97 Å². The molecule has 8 rings (SSSR count). The van der Waals surface area contributed by atoms with Gasteiger partial charge in [0.25, 0.3) is 0 Å². The van der Waals surface area contributed by atoms with E-state index < -0.39 is 0 Å². The fourth-order valence-electron chi connectivity index (χ4n) is 6.33. The Kier molecular flexibility index (Phi) is 6.43. The summed E-state index contributed by atoms with van der Waals surface area (Å²) in [5.74, 6) is 0.735. The number of para-hydroxylation sites is 1. The summed E-state index contributed by atoms with van der Waals surface area (Å²) in [7, 11) is 0. The van der Waals surface area contributed by atoms with E-state index in [1.807, 2.05) is 30.0 Å². The largest absolute Gasteiger partial charge is 0.228 e. The third kappa shape index (κ3) is 4.61. The zero-order valence-electron chi connectivity index (χ0n) is 24.7. The Hall–Kier alpha value is -4.99. The molecule has 0 amide bonds. The molecule has 1 aliphatic rings. The standard InChI is InChI=1S/C41H30N2S/c1-41(2)34-16-7-9-18-37(34)44-38-24-23-32(26-35(38)41)31-14-10-13-30(25-31)27-19-21-29(22-20-27)40-42-36-17-8-6-15-33(36)39(43-40)28-11-4-3-5-12-28/h3-26H,1-2H3. The molecule has 2 heterocycles. The molecule has 0 unspecified atom stereocenters. The first-order valence-corrected chi connectivity index (χ1v) is 15.8. The van der Waals surface area contributed by atoms with Crippen molar-refractivity contribution < 1.29 is 0 Å². The quantitative estimate of drug-likeness (QED) is 0.206. The molecule has 1 aromatic heterocycles. The Morgan fingerprint density at radius 2 is 1.07 bits per heavy atom. The minimum absolute atomic E-state index is 0.0498. The first kappa shape index (κ1) is 26.6. The summed E-state index contributed by atoms with van der Waals surface area (Å²) in [4.78, 5) is 12.7. The van der Waals surface area contributed by atoms with Crippen LogP contribution in [0.25, 0.3) is 55.8 Å². The lowest BCUT2D eigenvalue weighted by molar-refractivity contribution is 0.607. The second-order valence-corrected chi connectivity index (χ2v) is 13.0. The van der Waals surface area contributed by atoms with E-state index in [-0.39, 0.29) is 5.41 Å². The van der Waals surface area contributed by atoms with E-state index in [1.165, 1.54) is 43.2 Å². The zero-order valence-corrected chi connectivity index (χ0v) is 25.5. The highest BCUT2D eigenvalue weighted by Gasteiger charge is 2.33. The number of benzene rings is 6. The van der Waals surface area contributed by atoms with Crippen LogP contribution in [-0.4, -0.2) is 9.97 Å². The van der Waals surface area contributed by atoms with Gasteiger partial charge in [0.05, 0.1) is 11.2 Å². The highest BCUT2D eigenvalue weighted by molar-refractivity contribution is 7.99. The summed E-state index contributed by atoms with van der Waals surface area (Å²) in [5.41, 5.74) is 11.6. The monoisotopic (exact) mass is 582 g/mol. The van der Waals surface area contributed by atoms with Crippen LogP contribution in [0, 0.1) is 0 Å². The zero-order chi connectivity index (χ0) is 29.7. The molecular weight excluding hydrogens is 553 g/mol. The second-order valence-electron chi connectivity index (χ2n) is 11.9. The molecule has 0 atom stereocenters. The first-order valence-electron chi connectivity index (χ1n) is 15.0. The summed E-state index contributed by atoms with van der Waals surface area (Å²) in [6.07, 6.45) is 0. The lowest BCUT2D eigenvalue weighted by atomic mass is 9.77. The SMILES string of the molecule is CC1(C)c2ccccc2Sc2ccc(-c3cccc(-c4ccc(-c5nc(-c6ccccc6)c6ccccc6n5)cc4)c3)cc21. The van der Waals surface area contributed by atoms with Crippen molar-refractivity contribution in [3.05, 3.63) is 157 Å². The van der Waals surface area contributed by atoms with Crippen LogP contribution in [-0.2, 0) is 5.41 Å². The molecule has 1 aliphatic heterocycles. The lowest BCUT2D eigenvalue weighted by Crippen LogP contribution is -2.23. The highest BCUT2D eigenvalue weighted by Crippen LogP contribution is 2.49. The van der Waals surface area contributed by atoms with Crippen LogP contribution < -0.4 is 0 Å². The third-order valence-electron chi connectivity index (χ3n) is 8.76. The van der Waals surface area contributed by atoms with Crippen molar-refractivity contribution in [1.29, 1.82) is 0 Å². The minimum Gasteiger partial charge on any atom is -0.228 e. The van der Waals surface area contributed by atoms with Gasteiger partial charge in [0.1, 0.15) is 0 Å². The molecule has 210 valence electrons. The van der Waals surface area contributed by atoms with Gasteiger partial charge >= 0.3 is 0 Å². The molecule has 0 bridgehead atoms. The average Bonchev–Trinajstić information content (AvgIpc) is 3.08. The Labute approximate surface area is 262 Å². The molecule has 2 nitrogen and oxygen atoms in total.